The first kappa shape index (κ1) is 23.2. The van der Waals surface area contributed by atoms with Crippen LogP contribution in [0.4, 0.5) is 5.69 Å². The third-order valence-corrected chi connectivity index (χ3v) is 5.97. The zero-order valence-electron chi connectivity index (χ0n) is 18.7. The number of para-hydroxylation sites is 2. The number of carbonyl (C=O) groups is 2. The Morgan fingerprint density at radius 2 is 1.68 bits per heavy atom. The topological polar surface area (TPSA) is 96.3 Å². The molecule has 1 aliphatic heterocycles. The maximum atomic E-state index is 13.3. The summed E-state index contributed by atoms with van der Waals surface area (Å²) >= 11 is 6.20. The molecule has 1 saturated heterocycles. The van der Waals surface area contributed by atoms with Crippen molar-refractivity contribution in [3.8, 4) is 17.2 Å². The van der Waals surface area contributed by atoms with Crippen LogP contribution in [0.25, 0.3) is 5.76 Å². The summed E-state index contributed by atoms with van der Waals surface area (Å²) in [6.07, 6.45) is 0. The average Bonchev–Trinajstić information content (AvgIpc) is 3.09. The number of ketones is 1. The summed E-state index contributed by atoms with van der Waals surface area (Å²) in [5.74, 6) is -1.95. The van der Waals surface area contributed by atoms with Gasteiger partial charge in [0.05, 0.1) is 42.1 Å². The van der Waals surface area contributed by atoms with Crippen molar-refractivity contribution in [2.24, 2.45) is 0 Å². The molecule has 7 nitrogen and oxygen atoms in total. The van der Waals surface area contributed by atoms with Crippen LogP contribution in [0.5, 0.6) is 17.2 Å². The number of methoxy groups -OCH3 is 2. The molecule has 1 atom stereocenters. The molecule has 174 valence electrons. The third-order valence-electron chi connectivity index (χ3n) is 5.67. The second-order valence-corrected chi connectivity index (χ2v) is 8.17. The lowest BCUT2D eigenvalue weighted by Crippen LogP contribution is -2.29. The van der Waals surface area contributed by atoms with Gasteiger partial charge in [0.15, 0.2) is 0 Å². The minimum atomic E-state index is -1.00. The number of rotatable bonds is 5. The number of benzene rings is 3. The number of ether oxygens (including phenoxy) is 2. The Balaban J connectivity index is 2.03. The predicted octanol–water partition coefficient (Wildman–Crippen LogP) is 5.00. The van der Waals surface area contributed by atoms with Gasteiger partial charge in [0.2, 0.25) is 0 Å². The zero-order chi connectivity index (χ0) is 24.6. The molecule has 0 aromatic heterocycles. The summed E-state index contributed by atoms with van der Waals surface area (Å²) in [6, 6.07) is 15.4. The van der Waals surface area contributed by atoms with Crippen molar-refractivity contribution < 1.29 is 29.3 Å². The summed E-state index contributed by atoms with van der Waals surface area (Å²) in [6.45, 7) is 1.88. The number of hydrogen-bond donors (Lipinski definition) is 2. The van der Waals surface area contributed by atoms with Crippen molar-refractivity contribution in [3.05, 3.63) is 87.9 Å². The summed E-state index contributed by atoms with van der Waals surface area (Å²) in [5.41, 5.74) is 1.61. The van der Waals surface area contributed by atoms with E-state index >= 15 is 0 Å². The standard InChI is InChI=1S/C26H22ClNO6/c1-14-7-6-8-15(11-14)23-22(24(30)16-12-21(34-3)17(27)13-20(16)33-2)25(31)26(32)28(23)18-9-4-5-10-19(18)29/h4-13,23,29-30H,1-3H3/b24-22+. The summed E-state index contributed by atoms with van der Waals surface area (Å²) in [5, 5.41) is 22.1. The highest BCUT2D eigenvalue weighted by molar-refractivity contribution is 6.52. The van der Waals surface area contributed by atoms with Crippen molar-refractivity contribution in [2.75, 3.05) is 19.1 Å². The molecule has 34 heavy (non-hydrogen) atoms. The van der Waals surface area contributed by atoms with Gasteiger partial charge in [-0.15, -0.1) is 0 Å². The lowest BCUT2D eigenvalue weighted by atomic mass is 9.94. The minimum Gasteiger partial charge on any atom is -0.507 e. The highest BCUT2D eigenvalue weighted by Gasteiger charge is 2.48. The van der Waals surface area contributed by atoms with E-state index in [9.17, 15) is 19.8 Å². The molecule has 2 N–H and O–H groups in total. The van der Waals surface area contributed by atoms with E-state index in [1.54, 1.807) is 24.3 Å². The number of carbonyl (C=O) groups excluding carboxylic acids is 2. The number of amides is 1. The van der Waals surface area contributed by atoms with Gasteiger partial charge in [-0.25, -0.2) is 0 Å². The summed E-state index contributed by atoms with van der Waals surface area (Å²) < 4.78 is 10.6. The first-order valence-corrected chi connectivity index (χ1v) is 10.7. The van der Waals surface area contributed by atoms with Crippen LogP contribution in [-0.4, -0.2) is 36.1 Å². The molecule has 1 fully saturated rings. The first-order chi connectivity index (χ1) is 16.3. The van der Waals surface area contributed by atoms with E-state index < -0.39 is 23.5 Å². The molecule has 0 aliphatic carbocycles. The lowest BCUT2D eigenvalue weighted by Gasteiger charge is -2.26. The second-order valence-electron chi connectivity index (χ2n) is 7.76. The Labute approximate surface area is 201 Å². The van der Waals surface area contributed by atoms with E-state index in [1.165, 1.54) is 43.4 Å². The number of Topliss-reactive ketones (excluding diaryl/α,β-unsaturated/α-hetero) is 1. The third kappa shape index (κ3) is 3.84. The van der Waals surface area contributed by atoms with Crippen LogP contribution >= 0.6 is 11.6 Å². The van der Waals surface area contributed by atoms with E-state index in [-0.39, 0.29) is 39.1 Å². The number of phenolic OH excluding ortho intramolecular Hbond substituents is 1. The zero-order valence-corrected chi connectivity index (χ0v) is 19.5. The number of aromatic hydroxyl groups is 1. The molecule has 0 bridgehead atoms. The van der Waals surface area contributed by atoms with Crippen LogP contribution in [0, 0.1) is 6.92 Å². The van der Waals surface area contributed by atoms with Crippen molar-refractivity contribution in [1.29, 1.82) is 0 Å². The van der Waals surface area contributed by atoms with Gasteiger partial charge in [0.1, 0.15) is 23.0 Å². The molecular formula is C26H22ClNO6. The van der Waals surface area contributed by atoms with Gasteiger partial charge in [0.25, 0.3) is 11.7 Å². The summed E-state index contributed by atoms with van der Waals surface area (Å²) in [7, 11) is 2.81. The van der Waals surface area contributed by atoms with Crippen LogP contribution in [0.3, 0.4) is 0 Å². The van der Waals surface area contributed by atoms with Crippen molar-refractivity contribution in [2.45, 2.75) is 13.0 Å². The number of halogens is 1. The quantitative estimate of drug-likeness (QED) is 0.304. The molecule has 8 heteroatoms. The van der Waals surface area contributed by atoms with Gasteiger partial charge in [0, 0.05) is 6.07 Å². The fraction of sp³-hybridized carbons (Fsp3) is 0.154. The molecule has 3 aromatic rings. The lowest BCUT2D eigenvalue weighted by molar-refractivity contribution is -0.132. The normalized spacial score (nSPS) is 17.2. The van der Waals surface area contributed by atoms with Gasteiger partial charge in [-0.2, -0.15) is 0 Å². The Bertz CT molecular complexity index is 1330. The fourth-order valence-electron chi connectivity index (χ4n) is 4.10. The molecule has 1 unspecified atom stereocenters. The number of aliphatic hydroxyl groups is 1. The molecular weight excluding hydrogens is 458 g/mol. The molecule has 0 saturated carbocycles. The van der Waals surface area contributed by atoms with E-state index in [1.807, 2.05) is 19.1 Å². The van der Waals surface area contributed by atoms with Gasteiger partial charge >= 0.3 is 0 Å². The maximum absolute atomic E-state index is 13.3. The Hall–Kier alpha value is -3.97. The molecule has 1 heterocycles. The van der Waals surface area contributed by atoms with Crippen LogP contribution in [0.15, 0.2) is 66.2 Å². The molecule has 1 amide bonds. The van der Waals surface area contributed by atoms with Crippen LogP contribution < -0.4 is 14.4 Å². The molecule has 4 rings (SSSR count). The van der Waals surface area contributed by atoms with Crippen molar-refractivity contribution >= 4 is 34.7 Å². The highest BCUT2D eigenvalue weighted by atomic mass is 35.5. The minimum absolute atomic E-state index is 0.136. The Morgan fingerprint density at radius 1 is 0.971 bits per heavy atom. The van der Waals surface area contributed by atoms with Gasteiger partial charge in [-0.1, -0.05) is 53.6 Å². The van der Waals surface area contributed by atoms with Gasteiger partial charge < -0.3 is 19.7 Å². The van der Waals surface area contributed by atoms with Crippen LogP contribution in [0.1, 0.15) is 22.7 Å². The molecule has 3 aromatic carbocycles. The second kappa shape index (κ2) is 9.11. The number of aryl methyl sites for hydroxylation is 1. The predicted molar refractivity (Wildman–Crippen MR) is 129 cm³/mol. The van der Waals surface area contributed by atoms with Gasteiger partial charge in [-0.3, -0.25) is 14.5 Å². The smallest absolute Gasteiger partial charge is 0.300 e. The number of aliphatic hydroxyl groups excluding tert-OH is 1. The molecule has 0 spiro atoms. The van der Waals surface area contributed by atoms with Crippen LogP contribution in [0.2, 0.25) is 5.02 Å². The number of anilines is 1. The Morgan fingerprint density at radius 3 is 2.32 bits per heavy atom. The van der Waals surface area contributed by atoms with E-state index in [4.69, 9.17) is 21.1 Å². The fourth-order valence-corrected chi connectivity index (χ4v) is 4.33. The van der Waals surface area contributed by atoms with Gasteiger partial charge in [-0.05, 0) is 30.7 Å². The maximum Gasteiger partial charge on any atom is 0.300 e. The molecule has 0 radical (unpaired) electrons. The molecule has 1 aliphatic rings. The Kier molecular flexibility index (Phi) is 6.22. The van der Waals surface area contributed by atoms with Crippen LogP contribution in [-0.2, 0) is 9.59 Å². The monoisotopic (exact) mass is 479 g/mol. The SMILES string of the molecule is COc1cc(/C(O)=C2\C(=O)C(=O)N(c3ccccc3O)C2c2cccc(C)c2)c(OC)cc1Cl. The van der Waals surface area contributed by atoms with E-state index in [0.29, 0.717) is 5.56 Å². The average molecular weight is 480 g/mol. The van der Waals surface area contributed by atoms with E-state index in [2.05, 4.69) is 0 Å². The van der Waals surface area contributed by atoms with E-state index in [0.717, 1.165) is 5.56 Å². The number of hydrogen-bond acceptors (Lipinski definition) is 6. The highest BCUT2D eigenvalue weighted by Crippen LogP contribution is 2.46. The van der Waals surface area contributed by atoms with Crippen molar-refractivity contribution in [3.63, 3.8) is 0 Å². The van der Waals surface area contributed by atoms with Crippen molar-refractivity contribution in [1.82, 2.24) is 0 Å². The summed E-state index contributed by atoms with van der Waals surface area (Å²) in [4.78, 5) is 27.8. The number of phenols is 1. The number of nitrogens with zero attached hydrogens (tertiary/aromatic N) is 1. The first-order valence-electron chi connectivity index (χ1n) is 10.4. The largest absolute Gasteiger partial charge is 0.507 e.